The molecule has 5 rings (SSSR count). The van der Waals surface area contributed by atoms with Gasteiger partial charge in [0.25, 0.3) is 17.7 Å². The van der Waals surface area contributed by atoms with Crippen molar-refractivity contribution in [1.82, 2.24) is 5.01 Å². The van der Waals surface area contributed by atoms with Crippen molar-refractivity contribution >= 4 is 34.8 Å². The van der Waals surface area contributed by atoms with E-state index in [1.807, 2.05) is 25.1 Å². The average molecular weight is 607 g/mol. The molecule has 0 bridgehead atoms. The molecule has 0 spiro atoms. The maximum atomic E-state index is 13.3. The highest BCUT2D eigenvalue weighted by Gasteiger charge is 2.22. The molecule has 0 radical (unpaired) electrons. The van der Waals surface area contributed by atoms with Gasteiger partial charge in [0.2, 0.25) is 0 Å². The highest BCUT2D eigenvalue weighted by atomic mass is 16.5. The van der Waals surface area contributed by atoms with E-state index >= 15 is 0 Å². The zero-order valence-corrected chi connectivity index (χ0v) is 25.3. The topological polar surface area (TPSA) is 119 Å². The Bertz CT molecular complexity index is 1730. The Balaban J connectivity index is 1.23. The van der Waals surface area contributed by atoms with E-state index in [1.54, 1.807) is 79.9 Å². The minimum atomic E-state index is -0.359. The van der Waals surface area contributed by atoms with Crippen LogP contribution in [-0.2, 0) is 0 Å². The van der Waals surface area contributed by atoms with Crippen molar-refractivity contribution in [2.75, 3.05) is 38.0 Å². The SMILES string of the molecule is CCOc1cc(C2=NN(C(=O)c3ccc(NC(=O)c4cccc(NC(=O)c5cccc(OC)c5)c4)cc3)CCC2)ccc1OC. The summed E-state index contributed by atoms with van der Waals surface area (Å²) in [6.07, 6.45) is 1.51. The van der Waals surface area contributed by atoms with Crippen LogP contribution in [0.15, 0.2) is 96.1 Å². The second-order valence-electron chi connectivity index (χ2n) is 10.2. The van der Waals surface area contributed by atoms with E-state index in [-0.39, 0.29) is 17.7 Å². The second-order valence-corrected chi connectivity index (χ2v) is 10.2. The summed E-state index contributed by atoms with van der Waals surface area (Å²) in [6.45, 7) is 2.91. The predicted molar refractivity (Wildman–Crippen MR) is 173 cm³/mol. The van der Waals surface area contributed by atoms with Crippen molar-refractivity contribution in [3.8, 4) is 17.2 Å². The molecule has 230 valence electrons. The number of carbonyl (C=O) groups is 3. The molecule has 10 nitrogen and oxygen atoms in total. The van der Waals surface area contributed by atoms with Crippen molar-refractivity contribution in [2.45, 2.75) is 19.8 Å². The Morgan fingerprint density at radius 1 is 0.756 bits per heavy atom. The molecule has 1 aliphatic rings. The van der Waals surface area contributed by atoms with E-state index in [0.717, 1.165) is 24.1 Å². The summed E-state index contributed by atoms with van der Waals surface area (Å²) in [6, 6.07) is 25.7. The average Bonchev–Trinajstić information content (AvgIpc) is 3.08. The molecule has 10 heteroatoms. The minimum absolute atomic E-state index is 0.233. The lowest BCUT2D eigenvalue weighted by molar-refractivity contribution is 0.0751. The Hall–Kier alpha value is -5.64. The number of amides is 3. The van der Waals surface area contributed by atoms with Crippen LogP contribution >= 0.6 is 0 Å². The van der Waals surface area contributed by atoms with Gasteiger partial charge in [-0.2, -0.15) is 5.10 Å². The maximum absolute atomic E-state index is 13.3. The number of carbonyl (C=O) groups excluding carboxylic acids is 3. The van der Waals surface area contributed by atoms with Gasteiger partial charge in [-0.05, 0) is 98.6 Å². The van der Waals surface area contributed by atoms with Crippen LogP contribution in [0.1, 0.15) is 56.4 Å². The normalized spacial score (nSPS) is 12.5. The van der Waals surface area contributed by atoms with Crippen LogP contribution in [0.2, 0.25) is 0 Å². The zero-order valence-electron chi connectivity index (χ0n) is 25.3. The number of hydrazone groups is 1. The van der Waals surface area contributed by atoms with Gasteiger partial charge >= 0.3 is 0 Å². The number of hydrogen-bond acceptors (Lipinski definition) is 7. The number of ether oxygens (including phenoxy) is 3. The predicted octanol–water partition coefficient (Wildman–Crippen LogP) is 6.25. The van der Waals surface area contributed by atoms with E-state index in [2.05, 4.69) is 15.7 Å². The van der Waals surface area contributed by atoms with Crippen LogP contribution in [0.4, 0.5) is 11.4 Å². The molecule has 4 aromatic carbocycles. The van der Waals surface area contributed by atoms with E-state index in [0.29, 0.717) is 58.5 Å². The molecular formula is C35H34N4O6. The van der Waals surface area contributed by atoms with Gasteiger partial charge in [0.15, 0.2) is 11.5 Å². The van der Waals surface area contributed by atoms with Crippen LogP contribution < -0.4 is 24.8 Å². The monoisotopic (exact) mass is 606 g/mol. The third kappa shape index (κ3) is 7.48. The number of benzene rings is 4. The van der Waals surface area contributed by atoms with Crippen molar-refractivity contribution < 1.29 is 28.6 Å². The molecule has 45 heavy (non-hydrogen) atoms. The van der Waals surface area contributed by atoms with Gasteiger partial charge < -0.3 is 24.8 Å². The fraction of sp³-hybridized carbons (Fsp3) is 0.200. The smallest absolute Gasteiger partial charge is 0.273 e. The minimum Gasteiger partial charge on any atom is -0.497 e. The first-order valence-electron chi connectivity index (χ1n) is 14.6. The number of rotatable bonds is 10. The van der Waals surface area contributed by atoms with Crippen LogP contribution in [0, 0.1) is 0 Å². The summed E-state index contributed by atoms with van der Waals surface area (Å²) < 4.78 is 16.3. The van der Waals surface area contributed by atoms with E-state index < -0.39 is 0 Å². The second kappa shape index (κ2) is 14.2. The van der Waals surface area contributed by atoms with Gasteiger partial charge in [-0.25, -0.2) is 5.01 Å². The standard InChI is InChI=1S/C35H34N4O6/c1-4-45-32-22-24(15-18-31(32)44-3)30-12-7-19-39(38-30)35(42)23-13-16-27(17-14-23)36-33(40)25-8-5-10-28(20-25)37-34(41)26-9-6-11-29(21-26)43-2/h5-6,8-11,13-18,20-22H,4,7,12,19H2,1-3H3,(H,36,40)(H,37,41). The number of anilines is 2. The molecular weight excluding hydrogens is 572 g/mol. The number of hydrogen-bond donors (Lipinski definition) is 2. The first kappa shape index (κ1) is 30.8. The van der Waals surface area contributed by atoms with Gasteiger partial charge in [0, 0.05) is 40.2 Å². The summed E-state index contributed by atoms with van der Waals surface area (Å²) in [5.41, 5.74) is 3.91. The van der Waals surface area contributed by atoms with Crippen LogP contribution in [0.5, 0.6) is 17.2 Å². The van der Waals surface area contributed by atoms with E-state index in [9.17, 15) is 14.4 Å². The molecule has 4 aromatic rings. The van der Waals surface area contributed by atoms with Crippen molar-refractivity contribution in [2.24, 2.45) is 5.10 Å². The van der Waals surface area contributed by atoms with Gasteiger partial charge in [-0.1, -0.05) is 12.1 Å². The number of nitrogens with zero attached hydrogens (tertiary/aromatic N) is 2. The molecule has 3 amide bonds. The molecule has 1 heterocycles. The van der Waals surface area contributed by atoms with E-state index in [4.69, 9.17) is 14.2 Å². The van der Waals surface area contributed by atoms with Gasteiger partial charge in [0.1, 0.15) is 5.75 Å². The van der Waals surface area contributed by atoms with Crippen molar-refractivity contribution in [3.05, 3.63) is 113 Å². The molecule has 0 saturated heterocycles. The summed E-state index contributed by atoms with van der Waals surface area (Å²) >= 11 is 0. The summed E-state index contributed by atoms with van der Waals surface area (Å²) in [4.78, 5) is 39.0. The highest BCUT2D eigenvalue weighted by molar-refractivity contribution is 6.08. The summed E-state index contributed by atoms with van der Waals surface area (Å²) in [5.74, 6) is 0.927. The first-order chi connectivity index (χ1) is 21.9. The molecule has 2 N–H and O–H groups in total. The third-order valence-electron chi connectivity index (χ3n) is 7.16. The fourth-order valence-electron chi connectivity index (χ4n) is 4.87. The Kier molecular flexibility index (Phi) is 9.74. The Labute approximate surface area is 261 Å². The van der Waals surface area contributed by atoms with E-state index in [1.165, 1.54) is 12.1 Å². The first-order valence-corrected chi connectivity index (χ1v) is 14.6. The van der Waals surface area contributed by atoms with Gasteiger partial charge in [-0.3, -0.25) is 14.4 Å². The molecule has 0 saturated carbocycles. The lowest BCUT2D eigenvalue weighted by Gasteiger charge is -2.24. The molecule has 0 unspecified atom stereocenters. The largest absolute Gasteiger partial charge is 0.497 e. The molecule has 1 aliphatic heterocycles. The molecule has 0 aliphatic carbocycles. The van der Waals surface area contributed by atoms with Crippen LogP contribution in [0.3, 0.4) is 0 Å². The lowest BCUT2D eigenvalue weighted by Crippen LogP contribution is -2.32. The Morgan fingerprint density at radius 3 is 2.18 bits per heavy atom. The van der Waals surface area contributed by atoms with Crippen LogP contribution in [-0.4, -0.2) is 55.8 Å². The van der Waals surface area contributed by atoms with Gasteiger partial charge in [-0.15, -0.1) is 0 Å². The van der Waals surface area contributed by atoms with Gasteiger partial charge in [0.05, 0.1) is 26.5 Å². The summed E-state index contributed by atoms with van der Waals surface area (Å²) in [7, 11) is 3.13. The molecule has 0 fully saturated rings. The lowest BCUT2D eigenvalue weighted by atomic mass is 10.0. The molecule has 0 atom stereocenters. The quantitative estimate of drug-likeness (QED) is 0.220. The maximum Gasteiger partial charge on any atom is 0.273 e. The summed E-state index contributed by atoms with van der Waals surface area (Å²) in [5, 5.41) is 11.8. The fourth-order valence-corrected chi connectivity index (χ4v) is 4.87. The molecule has 0 aromatic heterocycles. The Morgan fingerprint density at radius 2 is 1.47 bits per heavy atom. The van der Waals surface area contributed by atoms with Crippen LogP contribution in [0.25, 0.3) is 0 Å². The van der Waals surface area contributed by atoms with Crippen molar-refractivity contribution in [1.29, 1.82) is 0 Å². The number of methoxy groups -OCH3 is 2. The zero-order chi connectivity index (χ0) is 31.8. The van der Waals surface area contributed by atoms with Crippen molar-refractivity contribution in [3.63, 3.8) is 0 Å². The highest BCUT2D eigenvalue weighted by Crippen LogP contribution is 2.30. The third-order valence-corrected chi connectivity index (χ3v) is 7.16. The number of nitrogens with one attached hydrogen (secondary N) is 2.